The van der Waals surface area contributed by atoms with Crippen LogP contribution in [0.3, 0.4) is 0 Å². The van der Waals surface area contributed by atoms with Crippen molar-refractivity contribution in [2.24, 2.45) is 0 Å². The van der Waals surface area contributed by atoms with Crippen molar-refractivity contribution in [1.29, 1.82) is 0 Å². The number of carbonyl (C=O) groups excluding carboxylic acids is 1. The lowest BCUT2D eigenvalue weighted by Crippen LogP contribution is -2.37. The van der Waals surface area contributed by atoms with Crippen LogP contribution in [0.5, 0.6) is 0 Å². The average Bonchev–Trinajstić information content (AvgIpc) is 2.84. The van der Waals surface area contributed by atoms with Crippen LogP contribution in [0.1, 0.15) is 23.2 Å². The molecule has 2 rings (SSSR count). The average molecular weight is 276 g/mol. The maximum atomic E-state index is 11.6. The second kappa shape index (κ2) is 6.13. The molecular formula is C15H24N4O. The van der Waals surface area contributed by atoms with Crippen LogP contribution in [-0.2, 0) is 0 Å². The summed E-state index contributed by atoms with van der Waals surface area (Å²) in [5, 5.41) is 2.62. The Kier molecular flexibility index (Phi) is 4.49. The summed E-state index contributed by atoms with van der Waals surface area (Å²) in [6.07, 6.45) is 2.38. The highest BCUT2D eigenvalue weighted by atomic mass is 16.1. The van der Waals surface area contributed by atoms with Gasteiger partial charge in [-0.1, -0.05) is 0 Å². The summed E-state index contributed by atoms with van der Waals surface area (Å²) in [5.74, 6) is -0.102. The van der Waals surface area contributed by atoms with Crippen molar-refractivity contribution >= 4 is 17.3 Å². The van der Waals surface area contributed by atoms with E-state index in [0.717, 1.165) is 18.8 Å². The van der Waals surface area contributed by atoms with Crippen LogP contribution in [0.15, 0.2) is 18.2 Å². The van der Waals surface area contributed by atoms with Gasteiger partial charge in [0.1, 0.15) is 0 Å². The fourth-order valence-electron chi connectivity index (χ4n) is 2.87. The van der Waals surface area contributed by atoms with Crippen LogP contribution >= 0.6 is 0 Å². The third kappa shape index (κ3) is 3.04. The van der Waals surface area contributed by atoms with Gasteiger partial charge in [-0.2, -0.15) is 0 Å². The monoisotopic (exact) mass is 276 g/mol. The van der Waals surface area contributed by atoms with Gasteiger partial charge in [0.2, 0.25) is 0 Å². The topological polar surface area (TPSA) is 61.6 Å². The summed E-state index contributed by atoms with van der Waals surface area (Å²) in [4.78, 5) is 16.2. The van der Waals surface area contributed by atoms with Crippen molar-refractivity contribution in [3.8, 4) is 0 Å². The predicted molar refractivity (Wildman–Crippen MR) is 83.2 cm³/mol. The van der Waals surface area contributed by atoms with Gasteiger partial charge < -0.3 is 20.9 Å². The van der Waals surface area contributed by atoms with Crippen LogP contribution in [0.25, 0.3) is 0 Å². The van der Waals surface area contributed by atoms with Gasteiger partial charge in [0.25, 0.3) is 5.91 Å². The number of nitrogens with one attached hydrogen (secondary N) is 1. The summed E-state index contributed by atoms with van der Waals surface area (Å²) in [5.41, 5.74) is 8.48. The molecule has 1 saturated heterocycles. The van der Waals surface area contributed by atoms with E-state index in [9.17, 15) is 4.79 Å². The minimum Gasteiger partial charge on any atom is -0.397 e. The number of benzene rings is 1. The van der Waals surface area contributed by atoms with Crippen LogP contribution < -0.4 is 16.0 Å². The molecule has 1 aliphatic rings. The maximum Gasteiger partial charge on any atom is 0.251 e. The Morgan fingerprint density at radius 1 is 1.50 bits per heavy atom. The molecule has 5 nitrogen and oxygen atoms in total. The van der Waals surface area contributed by atoms with Crippen LogP contribution in [0, 0.1) is 0 Å². The van der Waals surface area contributed by atoms with E-state index in [2.05, 4.69) is 29.2 Å². The largest absolute Gasteiger partial charge is 0.397 e. The van der Waals surface area contributed by atoms with Gasteiger partial charge in [-0.3, -0.25) is 4.79 Å². The van der Waals surface area contributed by atoms with E-state index in [1.807, 2.05) is 12.1 Å². The molecule has 1 aromatic carbocycles. The van der Waals surface area contributed by atoms with Gasteiger partial charge in [0, 0.05) is 31.7 Å². The van der Waals surface area contributed by atoms with Crippen LogP contribution in [0.2, 0.25) is 0 Å². The molecule has 110 valence electrons. The molecular weight excluding hydrogens is 252 g/mol. The first-order valence-electron chi connectivity index (χ1n) is 7.06. The molecule has 0 spiro atoms. The Hall–Kier alpha value is -1.75. The molecule has 1 amide bonds. The third-order valence-electron chi connectivity index (χ3n) is 3.78. The zero-order valence-electron chi connectivity index (χ0n) is 12.5. The summed E-state index contributed by atoms with van der Waals surface area (Å²) in [6.45, 7) is 2.05. The lowest BCUT2D eigenvalue weighted by atomic mass is 10.1. The lowest BCUT2D eigenvalue weighted by molar-refractivity contribution is 0.0963. The SMILES string of the molecule is CNC(=O)c1ccc(N2CCCC2CN(C)C)c(N)c1. The molecule has 5 heteroatoms. The highest BCUT2D eigenvalue weighted by molar-refractivity contribution is 5.96. The van der Waals surface area contributed by atoms with E-state index in [4.69, 9.17) is 5.73 Å². The fourth-order valence-corrected chi connectivity index (χ4v) is 2.87. The molecule has 1 aliphatic heterocycles. The zero-order valence-corrected chi connectivity index (χ0v) is 12.5. The van der Waals surface area contributed by atoms with Crippen LogP contribution in [0.4, 0.5) is 11.4 Å². The molecule has 0 aromatic heterocycles. The number of likely N-dealkylation sites (N-methyl/N-ethyl adjacent to an activating group) is 1. The van der Waals surface area contributed by atoms with E-state index >= 15 is 0 Å². The lowest BCUT2D eigenvalue weighted by Gasteiger charge is -2.30. The van der Waals surface area contributed by atoms with Gasteiger partial charge in [-0.25, -0.2) is 0 Å². The first-order chi connectivity index (χ1) is 9.52. The molecule has 1 unspecified atom stereocenters. The van der Waals surface area contributed by atoms with Gasteiger partial charge in [-0.05, 0) is 45.1 Å². The number of nitrogen functional groups attached to an aromatic ring is 1. The van der Waals surface area contributed by atoms with Crippen molar-refractivity contribution < 1.29 is 4.79 Å². The van der Waals surface area contributed by atoms with Gasteiger partial charge in [0.15, 0.2) is 0 Å². The van der Waals surface area contributed by atoms with Crippen molar-refractivity contribution in [1.82, 2.24) is 10.2 Å². The van der Waals surface area contributed by atoms with Crippen molar-refractivity contribution in [2.45, 2.75) is 18.9 Å². The summed E-state index contributed by atoms with van der Waals surface area (Å²) < 4.78 is 0. The maximum absolute atomic E-state index is 11.6. The molecule has 1 aromatic rings. The minimum atomic E-state index is -0.102. The molecule has 0 radical (unpaired) electrons. The van der Waals surface area contributed by atoms with Crippen LogP contribution in [-0.4, -0.2) is 51.1 Å². The summed E-state index contributed by atoms with van der Waals surface area (Å²) >= 11 is 0. The number of carbonyl (C=O) groups is 1. The number of nitrogens with zero attached hydrogens (tertiary/aromatic N) is 2. The van der Waals surface area contributed by atoms with Gasteiger partial charge in [-0.15, -0.1) is 0 Å². The Balaban J connectivity index is 2.22. The molecule has 20 heavy (non-hydrogen) atoms. The van der Waals surface area contributed by atoms with Gasteiger partial charge >= 0.3 is 0 Å². The number of amides is 1. The van der Waals surface area contributed by atoms with Crippen molar-refractivity contribution in [3.05, 3.63) is 23.8 Å². The van der Waals surface area contributed by atoms with E-state index in [-0.39, 0.29) is 5.91 Å². The highest BCUT2D eigenvalue weighted by Crippen LogP contribution is 2.31. The normalized spacial score (nSPS) is 18.6. The number of hydrogen-bond donors (Lipinski definition) is 2. The second-order valence-corrected chi connectivity index (χ2v) is 5.60. The van der Waals surface area contributed by atoms with E-state index < -0.39 is 0 Å². The van der Waals surface area contributed by atoms with E-state index in [1.165, 1.54) is 12.8 Å². The fraction of sp³-hybridized carbons (Fsp3) is 0.533. The Labute approximate surface area is 120 Å². The number of anilines is 2. The Bertz CT molecular complexity index is 487. The smallest absolute Gasteiger partial charge is 0.251 e. The van der Waals surface area contributed by atoms with Gasteiger partial charge in [0.05, 0.1) is 11.4 Å². The van der Waals surface area contributed by atoms with E-state index in [0.29, 0.717) is 17.3 Å². The number of rotatable bonds is 4. The van der Waals surface area contributed by atoms with Crippen molar-refractivity contribution in [2.75, 3.05) is 44.9 Å². The molecule has 3 N–H and O–H groups in total. The second-order valence-electron chi connectivity index (χ2n) is 5.60. The molecule has 0 saturated carbocycles. The first-order valence-corrected chi connectivity index (χ1v) is 7.06. The number of hydrogen-bond acceptors (Lipinski definition) is 4. The molecule has 1 atom stereocenters. The Morgan fingerprint density at radius 2 is 2.25 bits per heavy atom. The summed E-state index contributed by atoms with van der Waals surface area (Å²) in [6, 6.07) is 6.07. The molecule has 1 heterocycles. The van der Waals surface area contributed by atoms with Crippen molar-refractivity contribution in [3.63, 3.8) is 0 Å². The zero-order chi connectivity index (χ0) is 14.7. The molecule has 0 bridgehead atoms. The Morgan fingerprint density at radius 3 is 2.85 bits per heavy atom. The minimum absolute atomic E-state index is 0.102. The first kappa shape index (κ1) is 14.7. The number of nitrogens with two attached hydrogens (primary N) is 1. The molecule has 1 fully saturated rings. The third-order valence-corrected chi connectivity index (χ3v) is 3.78. The summed E-state index contributed by atoms with van der Waals surface area (Å²) in [7, 11) is 5.81. The standard InChI is InChI=1S/C15H24N4O/c1-17-15(20)11-6-7-14(13(16)9-11)19-8-4-5-12(19)10-18(2)3/h6-7,9,12H,4-5,8,10,16H2,1-3H3,(H,17,20). The quantitative estimate of drug-likeness (QED) is 0.810. The van der Waals surface area contributed by atoms with E-state index in [1.54, 1.807) is 13.1 Å². The highest BCUT2D eigenvalue weighted by Gasteiger charge is 2.26. The predicted octanol–water partition coefficient (Wildman–Crippen LogP) is 1.16. The molecule has 0 aliphatic carbocycles.